The van der Waals surface area contributed by atoms with Gasteiger partial charge in [-0.15, -0.1) is 0 Å². The van der Waals surface area contributed by atoms with Crippen molar-refractivity contribution in [2.45, 2.75) is 160 Å². The summed E-state index contributed by atoms with van der Waals surface area (Å²) in [5.41, 5.74) is 6.50. The molecule has 5 aliphatic rings. The lowest BCUT2D eigenvalue weighted by Gasteiger charge is -2.47. The first-order valence-electron chi connectivity index (χ1n) is 20.2. The van der Waals surface area contributed by atoms with Gasteiger partial charge < -0.3 is 57.8 Å². The lowest BCUT2D eigenvalue weighted by atomic mass is 9.82. The van der Waals surface area contributed by atoms with Gasteiger partial charge in [-0.1, -0.05) is 41.5 Å². The topological polar surface area (TPSA) is 255 Å². The van der Waals surface area contributed by atoms with Gasteiger partial charge in [-0.3, -0.25) is 9.11 Å². The van der Waals surface area contributed by atoms with Crippen LogP contribution in [0.4, 0.5) is 0 Å². The SMILES string of the molecule is CCC1O[C@H](O[C@@H]2CO[C@@H](O[C@H]3CC[C@@H](OC)OC3COS(=O)(=O)O)C(C)[C@@H]2OC)CC[C@@H]1O[C@@H]1OC[C@@H](O[C@H]2OC(COS(=O)(=O)O)[C@@H](C)[C@H](C)C2N)[C@H](C)C1C. The van der Waals surface area contributed by atoms with E-state index in [2.05, 4.69) is 15.3 Å². The van der Waals surface area contributed by atoms with E-state index >= 15 is 0 Å². The highest BCUT2D eigenvalue weighted by molar-refractivity contribution is 7.81. The van der Waals surface area contributed by atoms with Gasteiger partial charge in [-0.25, -0.2) is 8.37 Å². The van der Waals surface area contributed by atoms with E-state index in [1.165, 1.54) is 7.11 Å². The molecule has 22 heteroatoms. The van der Waals surface area contributed by atoms with Crippen LogP contribution in [-0.2, 0) is 81.3 Å². The fourth-order valence-electron chi connectivity index (χ4n) is 8.40. The molecule has 4 N–H and O–H groups in total. The van der Waals surface area contributed by atoms with Crippen molar-refractivity contribution in [1.29, 1.82) is 0 Å². The first kappa shape index (κ1) is 48.3. The van der Waals surface area contributed by atoms with Gasteiger partial charge in [-0.05, 0) is 37.0 Å². The molecule has 0 aromatic rings. The summed E-state index contributed by atoms with van der Waals surface area (Å²) in [7, 11) is -6.25. The van der Waals surface area contributed by atoms with E-state index in [1.807, 2.05) is 34.6 Å². The Morgan fingerprint density at radius 3 is 1.69 bits per heavy atom. The maximum Gasteiger partial charge on any atom is 0.397 e. The number of hydrogen-bond acceptors (Lipinski definition) is 18. The molecule has 5 fully saturated rings. The number of methoxy groups -OCH3 is 2. The van der Waals surface area contributed by atoms with Gasteiger partial charge >= 0.3 is 20.8 Å². The molecule has 0 spiro atoms. The monoisotopic (exact) mass is 879 g/mol. The van der Waals surface area contributed by atoms with Crippen LogP contribution in [0.1, 0.15) is 73.6 Å². The van der Waals surface area contributed by atoms with Crippen molar-refractivity contribution in [3.05, 3.63) is 0 Å². The van der Waals surface area contributed by atoms with E-state index in [1.54, 1.807) is 7.11 Å². The summed E-state index contributed by atoms with van der Waals surface area (Å²) in [6.07, 6.45) is -4.30. The summed E-state index contributed by atoms with van der Waals surface area (Å²) in [4.78, 5) is 0. The Bertz CT molecular complexity index is 1490. The van der Waals surface area contributed by atoms with Crippen molar-refractivity contribution < 1.29 is 86.4 Å². The number of nitrogens with two attached hydrogens (primary N) is 1. The van der Waals surface area contributed by atoms with Gasteiger partial charge in [0.05, 0.1) is 69.1 Å². The average molecular weight is 880 g/mol. The van der Waals surface area contributed by atoms with Crippen molar-refractivity contribution in [3.63, 3.8) is 0 Å². The number of hydrogen-bond donors (Lipinski definition) is 3. The largest absolute Gasteiger partial charge is 0.397 e. The minimum Gasteiger partial charge on any atom is -0.378 e. The third-order valence-electron chi connectivity index (χ3n) is 12.5. The van der Waals surface area contributed by atoms with Crippen LogP contribution in [-0.4, -0.2) is 153 Å². The Labute approximate surface area is 342 Å². The molecule has 0 saturated carbocycles. The molecular weight excluding hydrogens is 815 g/mol. The van der Waals surface area contributed by atoms with Crippen LogP contribution in [0.3, 0.4) is 0 Å². The van der Waals surface area contributed by atoms with Gasteiger partial charge in [0.15, 0.2) is 31.5 Å². The molecule has 0 aliphatic carbocycles. The van der Waals surface area contributed by atoms with Crippen molar-refractivity contribution in [3.8, 4) is 0 Å². The molecule has 5 saturated heterocycles. The molecule has 20 nitrogen and oxygen atoms in total. The standard InChI is InChI=1S/C36H65NO19S2/c1-9-23-24(53-34-21(5)19(3)26(14-46-34)55-36-32(37)20(4)18(2)27(56-36)16-48-57(38,39)40)11-13-31(50-23)52-29-15-47-35(22(6)33(29)45-8)54-25-10-12-30(44-7)51-28(25)17-49-58(41,42)43/h18-36H,9-17,37H2,1-8H3,(H,38,39,40)(H,41,42,43)/t18-,19+,20-,21?,22?,23?,24-,25-,26+,27?,28?,29+,30-,31+,32?,33-,34-,35-,36-/m0/s1. The summed E-state index contributed by atoms with van der Waals surface area (Å²) in [6.45, 7) is 11.4. The predicted octanol–water partition coefficient (Wildman–Crippen LogP) is 2.19. The Hall–Kier alpha value is -0.740. The van der Waals surface area contributed by atoms with Gasteiger partial charge in [0, 0.05) is 38.9 Å². The van der Waals surface area contributed by atoms with Gasteiger partial charge in [0.1, 0.15) is 12.2 Å². The van der Waals surface area contributed by atoms with E-state index in [4.69, 9.17) is 66.9 Å². The maximum atomic E-state index is 11.3. The third-order valence-corrected chi connectivity index (χ3v) is 13.3. The first-order valence-corrected chi connectivity index (χ1v) is 22.9. The van der Waals surface area contributed by atoms with Crippen molar-refractivity contribution in [2.24, 2.45) is 35.3 Å². The zero-order valence-corrected chi connectivity index (χ0v) is 36.2. The molecule has 5 aliphatic heterocycles. The highest BCUT2D eigenvalue weighted by Crippen LogP contribution is 2.38. The lowest BCUT2D eigenvalue weighted by molar-refractivity contribution is -0.334. The molecule has 0 amide bonds. The first-order chi connectivity index (χ1) is 27.3. The molecule has 0 bridgehead atoms. The van der Waals surface area contributed by atoms with Crippen LogP contribution in [0, 0.1) is 29.6 Å². The molecular formula is C36H65NO19S2. The van der Waals surface area contributed by atoms with Gasteiger partial charge in [-0.2, -0.15) is 16.8 Å². The van der Waals surface area contributed by atoms with Crippen molar-refractivity contribution >= 4 is 20.8 Å². The summed E-state index contributed by atoms with van der Waals surface area (Å²) < 4.78 is 140. The molecule has 0 radical (unpaired) electrons. The van der Waals surface area contributed by atoms with Crippen LogP contribution in [0.25, 0.3) is 0 Å². The Balaban J connectivity index is 1.10. The average Bonchev–Trinajstić information content (AvgIpc) is 3.17. The summed E-state index contributed by atoms with van der Waals surface area (Å²) in [6, 6.07) is -0.483. The highest BCUT2D eigenvalue weighted by atomic mass is 32.3. The molecule has 0 aromatic heterocycles. The number of ether oxygens (including phenoxy) is 11. The minimum atomic E-state index is -4.69. The van der Waals surface area contributed by atoms with E-state index in [0.29, 0.717) is 32.1 Å². The smallest absolute Gasteiger partial charge is 0.378 e. The molecule has 0 aromatic carbocycles. The summed E-state index contributed by atoms with van der Waals surface area (Å²) >= 11 is 0. The zero-order valence-electron chi connectivity index (χ0n) is 34.6. The fraction of sp³-hybridized carbons (Fsp3) is 1.00. The van der Waals surface area contributed by atoms with Crippen molar-refractivity contribution in [1.82, 2.24) is 0 Å². The predicted molar refractivity (Wildman–Crippen MR) is 200 cm³/mol. The highest BCUT2D eigenvalue weighted by Gasteiger charge is 2.47. The zero-order chi connectivity index (χ0) is 42.5. The molecule has 340 valence electrons. The van der Waals surface area contributed by atoms with Crippen molar-refractivity contribution in [2.75, 3.05) is 40.6 Å². The Morgan fingerprint density at radius 2 is 1.10 bits per heavy atom. The summed E-state index contributed by atoms with van der Waals surface area (Å²) in [5.74, 6) is -0.637. The van der Waals surface area contributed by atoms with E-state index in [-0.39, 0.29) is 67.7 Å². The quantitative estimate of drug-likeness (QED) is 0.177. The van der Waals surface area contributed by atoms with Crippen LogP contribution in [0.2, 0.25) is 0 Å². The molecule has 5 heterocycles. The number of rotatable bonds is 17. The Kier molecular flexibility index (Phi) is 17.6. The molecule has 5 rings (SSSR count). The fourth-order valence-corrected chi connectivity index (χ4v) is 9.01. The van der Waals surface area contributed by atoms with E-state index < -0.39 is 95.4 Å². The van der Waals surface area contributed by atoms with Crippen LogP contribution < -0.4 is 5.73 Å². The van der Waals surface area contributed by atoms with Gasteiger partial charge in [0.25, 0.3) is 0 Å². The second-order valence-corrected chi connectivity index (χ2v) is 18.3. The van der Waals surface area contributed by atoms with E-state index in [9.17, 15) is 16.8 Å². The second kappa shape index (κ2) is 21.1. The molecule has 19 atom stereocenters. The second-order valence-electron chi connectivity index (χ2n) is 16.1. The van der Waals surface area contributed by atoms with Gasteiger partial charge in [0.2, 0.25) is 0 Å². The summed E-state index contributed by atoms with van der Waals surface area (Å²) in [5, 5.41) is 0. The molecule has 6 unspecified atom stereocenters. The third kappa shape index (κ3) is 12.7. The normalized spacial score (nSPS) is 44.6. The van der Waals surface area contributed by atoms with Crippen LogP contribution in [0.5, 0.6) is 0 Å². The lowest BCUT2D eigenvalue weighted by Crippen LogP contribution is -2.58. The van der Waals surface area contributed by atoms with Crippen LogP contribution in [0.15, 0.2) is 0 Å². The minimum absolute atomic E-state index is 0.0201. The Morgan fingerprint density at radius 1 is 0.569 bits per heavy atom. The van der Waals surface area contributed by atoms with E-state index in [0.717, 1.165) is 0 Å². The molecule has 58 heavy (non-hydrogen) atoms. The maximum absolute atomic E-state index is 11.3. The van der Waals surface area contributed by atoms with Crippen LogP contribution >= 0.6 is 0 Å².